The summed E-state index contributed by atoms with van der Waals surface area (Å²) >= 11 is 0. The number of nitrogens with two attached hydrogens (primary N) is 1. The fourth-order valence-corrected chi connectivity index (χ4v) is 5.40. The first kappa shape index (κ1) is 12.0. The van der Waals surface area contributed by atoms with Crippen LogP contribution < -0.4 is 5.73 Å². The van der Waals surface area contributed by atoms with Crippen LogP contribution in [0.2, 0.25) is 0 Å². The van der Waals surface area contributed by atoms with Gasteiger partial charge >= 0.3 is 0 Å². The van der Waals surface area contributed by atoms with Gasteiger partial charge in [-0.15, -0.1) is 0 Å². The van der Waals surface area contributed by atoms with E-state index in [2.05, 4.69) is 17.1 Å². The molecule has 3 heteroatoms. The minimum absolute atomic E-state index is 0.385. The zero-order chi connectivity index (χ0) is 12.9. The summed E-state index contributed by atoms with van der Waals surface area (Å²) in [4.78, 5) is 0. The lowest BCUT2D eigenvalue weighted by molar-refractivity contribution is -0.0494. The van der Waals surface area contributed by atoms with Crippen molar-refractivity contribution in [1.29, 1.82) is 0 Å². The van der Waals surface area contributed by atoms with E-state index >= 15 is 0 Å². The summed E-state index contributed by atoms with van der Waals surface area (Å²) in [6.45, 7) is 0.780. The Balaban J connectivity index is 1.59. The first-order chi connectivity index (χ1) is 9.27. The van der Waals surface area contributed by atoms with Crippen LogP contribution in [0.3, 0.4) is 0 Å². The third kappa shape index (κ3) is 1.94. The van der Waals surface area contributed by atoms with Crippen LogP contribution in [0.4, 0.5) is 0 Å². The topological polar surface area (TPSA) is 43.8 Å². The van der Waals surface area contributed by atoms with Crippen LogP contribution in [0.5, 0.6) is 0 Å². The van der Waals surface area contributed by atoms with Crippen LogP contribution in [0.25, 0.3) is 0 Å². The van der Waals surface area contributed by atoms with Gasteiger partial charge in [0, 0.05) is 6.20 Å². The molecule has 2 N–H and O–H groups in total. The molecule has 1 aromatic rings. The monoisotopic (exact) mass is 259 g/mol. The van der Waals surface area contributed by atoms with Gasteiger partial charge in [0.1, 0.15) is 0 Å². The number of hydrogen-bond donors (Lipinski definition) is 1. The number of rotatable bonds is 4. The van der Waals surface area contributed by atoms with Crippen LogP contribution in [0.1, 0.15) is 50.5 Å². The molecule has 1 heterocycles. The van der Waals surface area contributed by atoms with E-state index in [-0.39, 0.29) is 0 Å². The van der Waals surface area contributed by atoms with Crippen molar-refractivity contribution in [3.05, 3.63) is 18.0 Å². The maximum absolute atomic E-state index is 5.60. The minimum atomic E-state index is 0.385. The summed E-state index contributed by atoms with van der Waals surface area (Å²) in [6.07, 6.45) is 15.2. The second-order valence-corrected chi connectivity index (χ2v) is 7.33. The summed E-state index contributed by atoms with van der Waals surface area (Å²) < 4.78 is 2.35. The Hall–Kier alpha value is -0.830. The van der Waals surface area contributed by atoms with Gasteiger partial charge in [0.15, 0.2) is 0 Å². The fraction of sp³-hybridized carbons (Fsp3) is 0.812. The summed E-state index contributed by atoms with van der Waals surface area (Å²) in [6, 6.07) is 0. The Morgan fingerprint density at radius 3 is 2.37 bits per heavy atom. The van der Waals surface area contributed by atoms with Crippen molar-refractivity contribution in [2.75, 3.05) is 6.54 Å². The zero-order valence-electron chi connectivity index (χ0n) is 11.7. The maximum atomic E-state index is 5.60. The fourth-order valence-electron chi connectivity index (χ4n) is 5.40. The van der Waals surface area contributed by atoms with Gasteiger partial charge in [0.2, 0.25) is 0 Å². The molecule has 4 aliphatic carbocycles. The Bertz CT molecular complexity index is 427. The molecule has 0 atom stereocenters. The highest BCUT2D eigenvalue weighted by Crippen LogP contribution is 2.58. The molecular weight excluding hydrogens is 234 g/mol. The van der Waals surface area contributed by atoms with E-state index in [0.29, 0.717) is 5.54 Å². The number of aromatic nitrogens is 2. The Morgan fingerprint density at radius 2 is 1.79 bits per heavy atom. The van der Waals surface area contributed by atoms with E-state index in [0.717, 1.165) is 37.1 Å². The standard InChI is InChI=1S/C16H25N3/c17-3-1-2-12-10-18-19(11-12)16-7-13-4-14(8-16)6-15(5-13)9-16/h10-11,13-15H,1-9,17H2. The van der Waals surface area contributed by atoms with Crippen molar-refractivity contribution < 1.29 is 0 Å². The molecule has 5 rings (SSSR count). The summed E-state index contributed by atoms with van der Waals surface area (Å²) in [5.74, 6) is 2.97. The van der Waals surface area contributed by atoms with Crippen molar-refractivity contribution in [3.63, 3.8) is 0 Å². The van der Waals surface area contributed by atoms with E-state index in [1.165, 1.54) is 44.1 Å². The number of aryl methyl sites for hydroxylation is 1. The van der Waals surface area contributed by atoms with Crippen molar-refractivity contribution in [3.8, 4) is 0 Å². The largest absolute Gasteiger partial charge is 0.330 e. The summed E-state index contributed by atoms with van der Waals surface area (Å²) in [5.41, 5.74) is 7.36. The molecule has 19 heavy (non-hydrogen) atoms. The predicted molar refractivity (Wildman–Crippen MR) is 75.7 cm³/mol. The molecule has 3 nitrogen and oxygen atoms in total. The van der Waals surface area contributed by atoms with Gasteiger partial charge in [-0.1, -0.05) is 0 Å². The molecule has 0 aliphatic heterocycles. The normalized spacial score (nSPS) is 39.9. The lowest BCUT2D eigenvalue weighted by atomic mass is 9.53. The van der Waals surface area contributed by atoms with Gasteiger partial charge in [-0.05, 0) is 81.2 Å². The molecule has 0 aromatic carbocycles. The molecule has 4 bridgehead atoms. The van der Waals surface area contributed by atoms with Crippen LogP contribution in [-0.2, 0) is 12.0 Å². The van der Waals surface area contributed by atoms with Gasteiger partial charge in [-0.3, -0.25) is 4.68 Å². The molecule has 0 radical (unpaired) electrons. The highest BCUT2D eigenvalue weighted by molar-refractivity contribution is 5.10. The Labute approximate surface area is 115 Å². The average Bonchev–Trinajstić information content (AvgIpc) is 2.84. The number of nitrogens with zero attached hydrogens (tertiary/aromatic N) is 2. The van der Waals surface area contributed by atoms with E-state index in [1.54, 1.807) is 0 Å². The van der Waals surface area contributed by atoms with Gasteiger partial charge in [-0.25, -0.2) is 0 Å². The van der Waals surface area contributed by atoms with Crippen molar-refractivity contribution in [2.24, 2.45) is 23.5 Å². The van der Waals surface area contributed by atoms with E-state index in [9.17, 15) is 0 Å². The molecular formula is C16H25N3. The molecule has 0 amide bonds. The molecule has 4 saturated carbocycles. The minimum Gasteiger partial charge on any atom is -0.330 e. The van der Waals surface area contributed by atoms with Crippen LogP contribution in [-0.4, -0.2) is 16.3 Å². The van der Waals surface area contributed by atoms with Crippen LogP contribution >= 0.6 is 0 Å². The highest BCUT2D eigenvalue weighted by Gasteiger charge is 2.52. The molecule has 0 saturated heterocycles. The number of hydrogen-bond acceptors (Lipinski definition) is 2. The van der Waals surface area contributed by atoms with Gasteiger partial charge < -0.3 is 5.73 Å². The van der Waals surface area contributed by atoms with Gasteiger partial charge in [0.05, 0.1) is 11.7 Å². The smallest absolute Gasteiger partial charge is 0.0635 e. The SMILES string of the molecule is NCCCc1cnn(C23CC4CC(CC(C4)C2)C3)c1. The second-order valence-electron chi connectivity index (χ2n) is 7.33. The maximum Gasteiger partial charge on any atom is 0.0635 e. The lowest BCUT2D eigenvalue weighted by Crippen LogP contribution is -2.52. The summed E-state index contributed by atoms with van der Waals surface area (Å²) in [7, 11) is 0. The first-order valence-electron chi connectivity index (χ1n) is 8.01. The molecule has 1 aromatic heterocycles. The van der Waals surface area contributed by atoms with Gasteiger partial charge in [-0.2, -0.15) is 5.10 Å². The molecule has 4 aliphatic rings. The van der Waals surface area contributed by atoms with Gasteiger partial charge in [0.25, 0.3) is 0 Å². The molecule has 0 spiro atoms. The first-order valence-corrected chi connectivity index (χ1v) is 8.01. The van der Waals surface area contributed by atoms with E-state index in [4.69, 9.17) is 10.8 Å². The summed E-state index contributed by atoms with van der Waals surface area (Å²) in [5, 5.41) is 4.73. The van der Waals surface area contributed by atoms with E-state index < -0.39 is 0 Å². The third-order valence-corrected chi connectivity index (χ3v) is 5.80. The van der Waals surface area contributed by atoms with E-state index in [1.807, 2.05) is 0 Å². The predicted octanol–water partition coefficient (Wildman–Crippen LogP) is 2.70. The Kier molecular flexibility index (Phi) is 2.73. The van der Waals surface area contributed by atoms with Crippen molar-refractivity contribution in [1.82, 2.24) is 9.78 Å². The van der Waals surface area contributed by atoms with Crippen molar-refractivity contribution >= 4 is 0 Å². The lowest BCUT2D eigenvalue weighted by Gasteiger charge is -2.56. The molecule has 0 unspecified atom stereocenters. The average molecular weight is 259 g/mol. The molecule has 104 valence electrons. The van der Waals surface area contributed by atoms with Crippen LogP contribution in [0, 0.1) is 17.8 Å². The highest BCUT2D eigenvalue weighted by atomic mass is 15.3. The Morgan fingerprint density at radius 1 is 1.16 bits per heavy atom. The second kappa shape index (κ2) is 4.34. The quantitative estimate of drug-likeness (QED) is 0.903. The third-order valence-electron chi connectivity index (χ3n) is 5.80. The zero-order valence-corrected chi connectivity index (χ0v) is 11.7. The van der Waals surface area contributed by atoms with Crippen molar-refractivity contribution in [2.45, 2.75) is 56.9 Å². The van der Waals surface area contributed by atoms with Crippen LogP contribution in [0.15, 0.2) is 12.4 Å². The molecule has 4 fully saturated rings.